The second-order valence-corrected chi connectivity index (χ2v) is 7.07. The third kappa shape index (κ3) is 3.58. The molecule has 26 heavy (non-hydrogen) atoms. The van der Waals surface area contributed by atoms with E-state index in [-0.39, 0.29) is 11.5 Å². The highest BCUT2D eigenvalue weighted by atomic mass is 79.9. The van der Waals surface area contributed by atoms with Gasteiger partial charge in [-0.05, 0) is 44.0 Å². The predicted molar refractivity (Wildman–Crippen MR) is 104 cm³/mol. The standard InChI is InChI=1S/C21H19BrO4/c1-4-14-5-7-15(8-6-14)19(23)13(3)25-21(24)20-12(2)17-11-16(22)9-10-18(17)26-20/h5-11,13H,4H2,1-3H3. The fourth-order valence-corrected chi connectivity index (χ4v) is 3.16. The Hall–Kier alpha value is -2.40. The Labute approximate surface area is 160 Å². The molecule has 0 radical (unpaired) electrons. The Morgan fingerprint density at radius 3 is 2.50 bits per heavy atom. The molecule has 0 saturated carbocycles. The van der Waals surface area contributed by atoms with E-state index < -0.39 is 12.1 Å². The largest absolute Gasteiger partial charge is 0.449 e. The molecule has 0 aliphatic rings. The van der Waals surface area contributed by atoms with Crippen molar-refractivity contribution in [2.45, 2.75) is 33.3 Å². The van der Waals surface area contributed by atoms with Crippen LogP contribution in [-0.4, -0.2) is 17.9 Å². The van der Waals surface area contributed by atoms with Crippen LogP contribution in [-0.2, 0) is 11.2 Å². The second-order valence-electron chi connectivity index (χ2n) is 6.16. The van der Waals surface area contributed by atoms with Gasteiger partial charge in [-0.15, -0.1) is 0 Å². The van der Waals surface area contributed by atoms with Crippen LogP contribution in [0.2, 0.25) is 0 Å². The van der Waals surface area contributed by atoms with Gasteiger partial charge in [0, 0.05) is 21.0 Å². The van der Waals surface area contributed by atoms with Crippen molar-refractivity contribution in [3.8, 4) is 0 Å². The highest BCUT2D eigenvalue weighted by Crippen LogP contribution is 2.28. The molecule has 1 unspecified atom stereocenters. The van der Waals surface area contributed by atoms with E-state index in [4.69, 9.17) is 9.15 Å². The molecule has 2 aromatic carbocycles. The first-order valence-corrected chi connectivity index (χ1v) is 9.22. The van der Waals surface area contributed by atoms with Gasteiger partial charge >= 0.3 is 5.97 Å². The van der Waals surface area contributed by atoms with Gasteiger partial charge < -0.3 is 9.15 Å². The maximum Gasteiger partial charge on any atom is 0.375 e. The molecular formula is C21H19BrO4. The topological polar surface area (TPSA) is 56.5 Å². The Balaban J connectivity index is 1.78. The average molecular weight is 415 g/mol. The monoisotopic (exact) mass is 414 g/mol. The number of ketones is 1. The van der Waals surface area contributed by atoms with Crippen LogP contribution < -0.4 is 0 Å². The van der Waals surface area contributed by atoms with Crippen LogP contribution in [0.4, 0.5) is 0 Å². The predicted octanol–water partition coefficient (Wildman–Crippen LogP) is 5.49. The lowest BCUT2D eigenvalue weighted by atomic mass is 10.0. The molecule has 0 bridgehead atoms. The molecule has 3 rings (SSSR count). The number of Topliss-reactive ketones (excluding diaryl/α,β-unsaturated/α-hetero) is 1. The molecule has 134 valence electrons. The summed E-state index contributed by atoms with van der Waals surface area (Å²) in [6, 6.07) is 12.8. The zero-order valence-corrected chi connectivity index (χ0v) is 16.4. The first kappa shape index (κ1) is 18.4. The molecule has 0 aliphatic carbocycles. The SMILES string of the molecule is CCc1ccc(C(=O)C(C)OC(=O)c2oc3ccc(Br)cc3c2C)cc1. The maximum absolute atomic E-state index is 12.5. The molecule has 1 atom stereocenters. The van der Waals surface area contributed by atoms with E-state index in [1.54, 1.807) is 32.0 Å². The van der Waals surface area contributed by atoms with Crippen LogP contribution >= 0.6 is 15.9 Å². The van der Waals surface area contributed by atoms with Gasteiger partial charge in [-0.2, -0.15) is 0 Å². The number of rotatable bonds is 5. The third-order valence-corrected chi connectivity index (χ3v) is 4.88. The minimum Gasteiger partial charge on any atom is -0.449 e. The second kappa shape index (κ2) is 7.46. The smallest absolute Gasteiger partial charge is 0.375 e. The minimum atomic E-state index is -0.894. The molecule has 0 saturated heterocycles. The summed E-state index contributed by atoms with van der Waals surface area (Å²) >= 11 is 3.41. The van der Waals surface area contributed by atoms with Crippen LogP contribution in [0.3, 0.4) is 0 Å². The first-order chi connectivity index (χ1) is 12.4. The van der Waals surface area contributed by atoms with Gasteiger partial charge in [-0.25, -0.2) is 4.79 Å². The van der Waals surface area contributed by atoms with E-state index in [0.717, 1.165) is 21.8 Å². The number of furan rings is 1. The van der Waals surface area contributed by atoms with Crippen LogP contribution in [0, 0.1) is 6.92 Å². The summed E-state index contributed by atoms with van der Waals surface area (Å²) in [5.74, 6) is -0.752. The molecule has 0 aliphatic heterocycles. The summed E-state index contributed by atoms with van der Waals surface area (Å²) in [5, 5.41) is 0.834. The number of carbonyl (C=O) groups is 2. The van der Waals surface area contributed by atoms with Gasteiger partial charge in [0.1, 0.15) is 5.58 Å². The number of ether oxygens (including phenoxy) is 1. The number of fused-ring (bicyclic) bond motifs is 1. The molecule has 5 heteroatoms. The van der Waals surface area contributed by atoms with E-state index in [0.29, 0.717) is 16.7 Å². The Bertz CT molecular complexity index is 970. The van der Waals surface area contributed by atoms with E-state index in [1.165, 1.54) is 0 Å². The summed E-state index contributed by atoms with van der Waals surface area (Å²) in [5.41, 5.74) is 2.97. The Morgan fingerprint density at radius 2 is 1.85 bits per heavy atom. The van der Waals surface area contributed by atoms with Gasteiger partial charge in [0.2, 0.25) is 11.5 Å². The number of benzene rings is 2. The summed E-state index contributed by atoms with van der Waals surface area (Å²) in [7, 11) is 0. The first-order valence-electron chi connectivity index (χ1n) is 8.43. The van der Waals surface area contributed by atoms with Crippen molar-refractivity contribution < 1.29 is 18.7 Å². The fourth-order valence-electron chi connectivity index (χ4n) is 2.79. The molecule has 0 fully saturated rings. The summed E-state index contributed by atoms with van der Waals surface area (Å²) in [4.78, 5) is 25.0. The molecule has 0 amide bonds. The quantitative estimate of drug-likeness (QED) is 0.408. The Kier molecular flexibility index (Phi) is 5.28. The lowest BCUT2D eigenvalue weighted by molar-refractivity contribution is 0.0290. The normalized spacial score (nSPS) is 12.2. The molecule has 3 aromatic rings. The fraction of sp³-hybridized carbons (Fsp3) is 0.238. The molecule has 0 spiro atoms. The van der Waals surface area contributed by atoms with Crippen molar-refractivity contribution >= 4 is 38.7 Å². The van der Waals surface area contributed by atoms with Crippen LogP contribution in [0.15, 0.2) is 51.4 Å². The zero-order valence-electron chi connectivity index (χ0n) is 14.8. The number of carbonyl (C=O) groups excluding carboxylic acids is 2. The van der Waals surface area contributed by atoms with Crippen molar-refractivity contribution in [3.05, 3.63) is 69.4 Å². The Morgan fingerprint density at radius 1 is 1.15 bits per heavy atom. The lowest BCUT2D eigenvalue weighted by Crippen LogP contribution is -2.24. The summed E-state index contributed by atoms with van der Waals surface area (Å²) < 4.78 is 11.9. The van der Waals surface area contributed by atoms with E-state index in [9.17, 15) is 9.59 Å². The average Bonchev–Trinajstić information content (AvgIpc) is 2.97. The van der Waals surface area contributed by atoms with Crippen molar-refractivity contribution in [1.29, 1.82) is 0 Å². The molecule has 1 aromatic heterocycles. The molecule has 1 heterocycles. The van der Waals surface area contributed by atoms with Crippen LogP contribution in [0.1, 0.15) is 45.9 Å². The van der Waals surface area contributed by atoms with Gasteiger partial charge in [0.25, 0.3) is 0 Å². The summed E-state index contributed by atoms with van der Waals surface area (Å²) in [6.45, 7) is 5.42. The number of hydrogen-bond donors (Lipinski definition) is 0. The van der Waals surface area contributed by atoms with Crippen molar-refractivity contribution in [1.82, 2.24) is 0 Å². The third-order valence-electron chi connectivity index (χ3n) is 4.38. The highest BCUT2D eigenvalue weighted by Gasteiger charge is 2.25. The summed E-state index contributed by atoms with van der Waals surface area (Å²) in [6.07, 6.45) is 0.00908. The van der Waals surface area contributed by atoms with Gasteiger partial charge in [0.05, 0.1) is 0 Å². The van der Waals surface area contributed by atoms with E-state index in [1.807, 2.05) is 24.3 Å². The van der Waals surface area contributed by atoms with E-state index in [2.05, 4.69) is 22.9 Å². The van der Waals surface area contributed by atoms with Crippen LogP contribution in [0.5, 0.6) is 0 Å². The number of halogens is 1. The van der Waals surface area contributed by atoms with Gasteiger partial charge in [-0.1, -0.05) is 47.1 Å². The molecular weight excluding hydrogens is 396 g/mol. The zero-order chi connectivity index (χ0) is 18.8. The van der Waals surface area contributed by atoms with Gasteiger partial charge in [-0.3, -0.25) is 4.79 Å². The number of aryl methyl sites for hydroxylation is 2. The van der Waals surface area contributed by atoms with E-state index >= 15 is 0 Å². The molecule has 0 N–H and O–H groups in total. The number of hydrogen-bond acceptors (Lipinski definition) is 4. The maximum atomic E-state index is 12.5. The van der Waals surface area contributed by atoms with Crippen LogP contribution in [0.25, 0.3) is 11.0 Å². The lowest BCUT2D eigenvalue weighted by Gasteiger charge is -2.12. The highest BCUT2D eigenvalue weighted by molar-refractivity contribution is 9.10. The van der Waals surface area contributed by atoms with Crippen molar-refractivity contribution in [3.63, 3.8) is 0 Å². The molecule has 4 nitrogen and oxygen atoms in total. The minimum absolute atomic E-state index is 0.124. The number of esters is 1. The van der Waals surface area contributed by atoms with Crippen molar-refractivity contribution in [2.75, 3.05) is 0 Å². The van der Waals surface area contributed by atoms with Gasteiger partial charge in [0.15, 0.2) is 6.10 Å². The van der Waals surface area contributed by atoms with Crippen molar-refractivity contribution in [2.24, 2.45) is 0 Å².